The molecule has 2 aromatic carbocycles. The second kappa shape index (κ2) is 13.3. The number of halogens is 1. The minimum absolute atomic E-state index is 0.0566. The Morgan fingerprint density at radius 3 is 2.41 bits per heavy atom. The Kier molecular flexibility index (Phi) is 9.63. The van der Waals surface area contributed by atoms with Crippen LogP contribution >= 0.6 is 11.6 Å². The predicted octanol–water partition coefficient (Wildman–Crippen LogP) is 5.00. The van der Waals surface area contributed by atoms with E-state index in [1.165, 1.54) is 0 Å². The number of para-hydroxylation sites is 1. The molecule has 9 heteroatoms. The highest BCUT2D eigenvalue weighted by atomic mass is 35.5. The fraction of sp³-hybridized carbons (Fsp3) is 0.457. The molecule has 0 aromatic heterocycles. The fourth-order valence-corrected chi connectivity index (χ4v) is 7.77. The third-order valence-electron chi connectivity index (χ3n) is 9.43. The molecule has 2 bridgehead atoms. The maximum atomic E-state index is 14.7. The zero-order valence-corrected chi connectivity index (χ0v) is 26.1. The van der Waals surface area contributed by atoms with Gasteiger partial charge in [0.2, 0.25) is 11.8 Å². The number of aliphatic hydroxyl groups excluding tert-OH is 1. The summed E-state index contributed by atoms with van der Waals surface area (Å²) in [5.74, 6) is -2.26. The Balaban J connectivity index is 1.55. The minimum Gasteiger partial charge on any atom is -0.396 e. The molecule has 5 rings (SSSR count). The molecule has 0 saturated carbocycles. The third-order valence-corrected chi connectivity index (χ3v) is 9.75. The lowest BCUT2D eigenvalue weighted by Gasteiger charge is -2.37. The van der Waals surface area contributed by atoms with Gasteiger partial charge >= 0.3 is 0 Å². The summed E-state index contributed by atoms with van der Waals surface area (Å²) in [4.78, 5) is 48.6. The summed E-state index contributed by atoms with van der Waals surface area (Å²) in [6.07, 6.45) is 6.27. The highest BCUT2D eigenvalue weighted by Gasteiger charge is 2.78. The monoisotopic (exact) mass is 619 g/mol. The minimum atomic E-state index is -1.16. The molecule has 3 fully saturated rings. The van der Waals surface area contributed by atoms with Crippen LogP contribution in [0.25, 0.3) is 0 Å². The molecule has 3 amide bonds. The Bertz CT molecular complexity index is 1400. The van der Waals surface area contributed by atoms with Crippen molar-refractivity contribution in [3.63, 3.8) is 0 Å². The second-order valence-electron chi connectivity index (χ2n) is 12.2. The number of benzene rings is 2. The Hall–Kier alpha value is -3.46. The number of carbonyl (C=O) groups is 3. The van der Waals surface area contributed by atoms with E-state index in [4.69, 9.17) is 16.3 Å². The van der Waals surface area contributed by atoms with Crippen molar-refractivity contribution in [2.75, 3.05) is 31.1 Å². The van der Waals surface area contributed by atoms with E-state index in [0.717, 1.165) is 5.56 Å². The number of ether oxygens (including phenoxy) is 1. The number of aliphatic hydroxyl groups is 1. The summed E-state index contributed by atoms with van der Waals surface area (Å²) in [7, 11) is 0. The van der Waals surface area contributed by atoms with Crippen molar-refractivity contribution in [3.8, 4) is 0 Å². The predicted molar refractivity (Wildman–Crippen MR) is 171 cm³/mol. The molecule has 1 spiro atoms. The average molecular weight is 620 g/mol. The van der Waals surface area contributed by atoms with Crippen LogP contribution in [-0.2, 0) is 25.7 Å². The van der Waals surface area contributed by atoms with Gasteiger partial charge in [0.1, 0.15) is 11.6 Å². The number of hydrogen-bond acceptors (Lipinski definition) is 5. The third kappa shape index (κ3) is 5.59. The Morgan fingerprint density at radius 2 is 1.73 bits per heavy atom. The van der Waals surface area contributed by atoms with E-state index in [0.29, 0.717) is 62.4 Å². The van der Waals surface area contributed by atoms with Gasteiger partial charge in [-0.15, -0.1) is 13.2 Å². The molecule has 44 heavy (non-hydrogen) atoms. The molecule has 2 unspecified atom stereocenters. The first-order valence-electron chi connectivity index (χ1n) is 15.4. The number of anilines is 1. The molecule has 3 aliphatic heterocycles. The van der Waals surface area contributed by atoms with Gasteiger partial charge in [0.05, 0.1) is 28.1 Å². The van der Waals surface area contributed by atoms with E-state index >= 15 is 0 Å². The molecular weight excluding hydrogens is 578 g/mol. The first-order valence-corrected chi connectivity index (χ1v) is 15.8. The molecule has 1 N–H and O–H groups in total. The van der Waals surface area contributed by atoms with Gasteiger partial charge in [-0.3, -0.25) is 14.4 Å². The maximum absolute atomic E-state index is 14.7. The van der Waals surface area contributed by atoms with Crippen molar-refractivity contribution in [1.82, 2.24) is 9.80 Å². The first-order chi connectivity index (χ1) is 21.2. The first kappa shape index (κ1) is 31.9. The smallest absolute Gasteiger partial charge is 0.253 e. The van der Waals surface area contributed by atoms with Gasteiger partial charge in [-0.05, 0) is 56.7 Å². The Morgan fingerprint density at radius 1 is 1.02 bits per heavy atom. The lowest BCUT2D eigenvalue weighted by atomic mass is 9.66. The van der Waals surface area contributed by atoms with Crippen LogP contribution in [0.2, 0.25) is 5.02 Å². The van der Waals surface area contributed by atoms with Crippen LogP contribution < -0.4 is 4.90 Å². The summed E-state index contributed by atoms with van der Waals surface area (Å²) in [5, 5.41) is 9.75. The highest BCUT2D eigenvalue weighted by Crippen LogP contribution is 2.63. The quantitative estimate of drug-likeness (QED) is 0.237. The number of likely N-dealkylation sites (tertiary alicyclic amines) is 1. The normalized spacial score (nSPS) is 26.8. The van der Waals surface area contributed by atoms with E-state index < -0.39 is 29.1 Å². The highest BCUT2D eigenvalue weighted by molar-refractivity contribution is 6.34. The van der Waals surface area contributed by atoms with Crippen LogP contribution in [0, 0.1) is 11.8 Å². The zero-order valence-electron chi connectivity index (χ0n) is 25.4. The van der Waals surface area contributed by atoms with Crippen LogP contribution in [0.15, 0.2) is 79.9 Å². The van der Waals surface area contributed by atoms with E-state index in [9.17, 15) is 19.5 Å². The van der Waals surface area contributed by atoms with Gasteiger partial charge in [-0.1, -0.05) is 66.2 Å². The van der Waals surface area contributed by atoms with E-state index in [1.807, 2.05) is 43.3 Å². The van der Waals surface area contributed by atoms with Crippen LogP contribution in [0.3, 0.4) is 0 Å². The van der Waals surface area contributed by atoms with Crippen LogP contribution in [0.1, 0.15) is 44.6 Å². The van der Waals surface area contributed by atoms with Gasteiger partial charge in [0, 0.05) is 32.8 Å². The standard InChI is InChI=1S/C35H42ClN3O5/c1-4-20-37(24-25-14-8-6-9-15-25)31(41)28-29-32(42)39(22-12-7-13-23-40)30(35(29)19-18-34(28,3)44-35)33(43)38(21-5-2)27-17-11-10-16-26(27)36/h4-6,8-11,14-17,28-30,40H,1-2,7,12-13,18-24H2,3H3/t28-,29+,30?,34+,35?/m1/s1. The summed E-state index contributed by atoms with van der Waals surface area (Å²) in [5.41, 5.74) is -0.559. The maximum Gasteiger partial charge on any atom is 0.253 e. The van der Waals surface area contributed by atoms with Gasteiger partial charge in [-0.2, -0.15) is 0 Å². The second-order valence-corrected chi connectivity index (χ2v) is 12.6. The number of rotatable bonds is 14. The zero-order chi connectivity index (χ0) is 31.5. The Labute approximate surface area is 264 Å². The van der Waals surface area contributed by atoms with Crippen LogP contribution in [0.4, 0.5) is 5.69 Å². The van der Waals surface area contributed by atoms with Gasteiger partial charge < -0.3 is 24.5 Å². The SMILES string of the molecule is C=CCN(Cc1ccccc1)C(=O)[C@H]1[C@H]2C(=O)N(CCCCCO)C(C(=O)N(CC=C)c3ccccc3Cl)C23CC[C@]1(C)O3. The van der Waals surface area contributed by atoms with E-state index in [1.54, 1.807) is 45.1 Å². The molecule has 0 aliphatic carbocycles. The lowest BCUT2D eigenvalue weighted by Crippen LogP contribution is -2.56. The summed E-state index contributed by atoms with van der Waals surface area (Å²) in [6.45, 7) is 10.9. The number of nitrogens with zero attached hydrogens (tertiary/aromatic N) is 3. The molecular formula is C35H42ClN3O5. The molecule has 3 heterocycles. The molecule has 234 valence electrons. The van der Waals surface area contributed by atoms with Crippen LogP contribution in [-0.4, -0.2) is 76.1 Å². The fourth-order valence-electron chi connectivity index (χ4n) is 7.54. The molecule has 0 radical (unpaired) electrons. The summed E-state index contributed by atoms with van der Waals surface area (Å²) in [6, 6.07) is 15.9. The summed E-state index contributed by atoms with van der Waals surface area (Å²) >= 11 is 6.57. The lowest BCUT2D eigenvalue weighted by molar-refractivity contribution is -0.150. The number of amides is 3. The molecule has 3 aliphatic rings. The molecule has 2 aromatic rings. The van der Waals surface area contributed by atoms with Crippen LogP contribution in [0.5, 0.6) is 0 Å². The van der Waals surface area contributed by atoms with Crippen molar-refractivity contribution in [1.29, 1.82) is 0 Å². The van der Waals surface area contributed by atoms with Gasteiger partial charge in [-0.25, -0.2) is 0 Å². The molecule has 3 saturated heterocycles. The number of carbonyl (C=O) groups excluding carboxylic acids is 3. The number of unbranched alkanes of at least 4 members (excludes halogenated alkanes) is 2. The van der Waals surface area contributed by atoms with Gasteiger partial charge in [0.25, 0.3) is 5.91 Å². The molecule has 8 nitrogen and oxygen atoms in total. The summed E-state index contributed by atoms with van der Waals surface area (Å²) < 4.78 is 6.86. The van der Waals surface area contributed by atoms with Crippen molar-refractivity contribution in [3.05, 3.63) is 90.5 Å². The largest absolute Gasteiger partial charge is 0.396 e. The van der Waals surface area contributed by atoms with Crippen molar-refractivity contribution in [2.45, 2.75) is 62.8 Å². The van der Waals surface area contributed by atoms with Crippen molar-refractivity contribution in [2.24, 2.45) is 11.8 Å². The van der Waals surface area contributed by atoms with Gasteiger partial charge in [0.15, 0.2) is 0 Å². The topological polar surface area (TPSA) is 90.4 Å². The van der Waals surface area contributed by atoms with E-state index in [-0.39, 0.29) is 30.9 Å². The van der Waals surface area contributed by atoms with Crippen molar-refractivity contribution >= 4 is 35.0 Å². The molecule has 5 atom stereocenters. The number of fused-ring (bicyclic) bond motifs is 1. The van der Waals surface area contributed by atoms with Crippen molar-refractivity contribution < 1.29 is 24.2 Å². The number of hydrogen-bond donors (Lipinski definition) is 1. The van der Waals surface area contributed by atoms with E-state index in [2.05, 4.69) is 13.2 Å². The average Bonchev–Trinajstić information content (AvgIpc) is 3.58.